The van der Waals surface area contributed by atoms with E-state index in [0.717, 1.165) is 23.4 Å². The number of benzene rings is 7. The molecule has 2 nitrogen and oxygen atoms in total. The SMILES string of the molecule is Brc1ccc(C2CCCCC2)cc1.Nc1cccc2c1sc1ccccc12.c1ccc2c(c1)sc1c(N(c3ccc(C4CCCCC4)cc3)c3ccc(C4CCCCC4)cc3)cccc12. The van der Waals surface area contributed by atoms with Crippen LogP contribution in [0.25, 0.3) is 40.3 Å². The van der Waals surface area contributed by atoms with Crippen LogP contribution in [0.3, 0.4) is 0 Å². The molecule has 0 radical (unpaired) electrons. The van der Waals surface area contributed by atoms with E-state index in [-0.39, 0.29) is 0 Å². The molecule has 2 heterocycles. The van der Waals surface area contributed by atoms with Gasteiger partial charge in [-0.15, -0.1) is 22.7 Å². The van der Waals surface area contributed by atoms with Gasteiger partial charge in [-0.2, -0.15) is 0 Å². The van der Waals surface area contributed by atoms with Crippen molar-refractivity contribution in [1.82, 2.24) is 0 Å². The Morgan fingerprint density at radius 3 is 1.25 bits per heavy atom. The van der Waals surface area contributed by atoms with Gasteiger partial charge in [0, 0.05) is 52.5 Å². The maximum absolute atomic E-state index is 5.93. The van der Waals surface area contributed by atoms with Crippen LogP contribution in [0.1, 0.15) is 131 Å². The van der Waals surface area contributed by atoms with Crippen molar-refractivity contribution in [3.63, 3.8) is 0 Å². The summed E-state index contributed by atoms with van der Waals surface area (Å²) in [5.41, 5.74) is 15.1. The van der Waals surface area contributed by atoms with Gasteiger partial charge in [-0.1, -0.05) is 171 Å². The van der Waals surface area contributed by atoms with E-state index in [1.807, 2.05) is 23.5 Å². The predicted molar refractivity (Wildman–Crippen MR) is 289 cm³/mol. The highest BCUT2D eigenvalue weighted by Gasteiger charge is 2.22. The van der Waals surface area contributed by atoms with Gasteiger partial charge in [-0.05, 0) is 134 Å². The van der Waals surface area contributed by atoms with E-state index in [1.165, 1.54) is 175 Å². The Bertz CT molecular complexity index is 2890. The highest BCUT2D eigenvalue weighted by Crippen LogP contribution is 2.46. The Morgan fingerprint density at radius 2 is 0.769 bits per heavy atom. The van der Waals surface area contributed by atoms with Crippen LogP contribution in [0.5, 0.6) is 0 Å². The summed E-state index contributed by atoms with van der Waals surface area (Å²) in [6.45, 7) is 0. The van der Waals surface area contributed by atoms with Gasteiger partial charge in [-0.3, -0.25) is 0 Å². The Kier molecular flexibility index (Phi) is 14.0. The van der Waals surface area contributed by atoms with Crippen LogP contribution in [0.2, 0.25) is 0 Å². The van der Waals surface area contributed by atoms with Crippen molar-refractivity contribution in [1.29, 1.82) is 0 Å². The maximum Gasteiger partial charge on any atom is 0.0640 e. The van der Waals surface area contributed by atoms with Crippen LogP contribution in [0.15, 0.2) is 162 Å². The zero-order valence-electron chi connectivity index (χ0n) is 37.6. The second-order valence-corrected chi connectivity index (χ2v) is 21.7. The van der Waals surface area contributed by atoms with Crippen molar-refractivity contribution in [2.24, 2.45) is 0 Å². The highest BCUT2D eigenvalue weighted by molar-refractivity contribution is 9.10. The second-order valence-electron chi connectivity index (χ2n) is 18.6. The third-order valence-electron chi connectivity index (χ3n) is 14.5. The minimum absolute atomic E-state index is 0.729. The van der Waals surface area contributed by atoms with Gasteiger partial charge in [0.05, 0.1) is 15.1 Å². The summed E-state index contributed by atoms with van der Waals surface area (Å²) in [5, 5.41) is 5.28. The normalized spacial score (nSPS) is 16.3. The number of fused-ring (bicyclic) bond motifs is 6. The Hall–Kier alpha value is -4.94. The number of nitrogens with two attached hydrogens (primary N) is 1. The number of anilines is 4. The van der Waals surface area contributed by atoms with Crippen molar-refractivity contribution in [3.8, 4) is 0 Å². The van der Waals surface area contributed by atoms with Gasteiger partial charge < -0.3 is 10.6 Å². The lowest BCUT2D eigenvalue weighted by Gasteiger charge is -2.28. The fraction of sp³-hybridized carbons (Fsp3) is 0.300. The van der Waals surface area contributed by atoms with Gasteiger partial charge in [0.2, 0.25) is 0 Å². The third kappa shape index (κ3) is 9.94. The highest BCUT2D eigenvalue weighted by atomic mass is 79.9. The molecule has 3 saturated carbocycles. The van der Waals surface area contributed by atoms with Crippen LogP contribution in [0.4, 0.5) is 22.7 Å². The first-order valence-corrected chi connectivity index (χ1v) is 26.8. The lowest BCUT2D eigenvalue weighted by Crippen LogP contribution is -2.11. The molecule has 2 aromatic heterocycles. The van der Waals surface area contributed by atoms with Gasteiger partial charge in [-0.25, -0.2) is 0 Å². The largest absolute Gasteiger partial charge is 0.398 e. The zero-order chi connectivity index (χ0) is 44.0. The van der Waals surface area contributed by atoms with E-state index < -0.39 is 0 Å². The van der Waals surface area contributed by atoms with E-state index in [1.54, 1.807) is 11.3 Å². The molecule has 2 N–H and O–H groups in total. The van der Waals surface area contributed by atoms with E-state index in [0.29, 0.717) is 0 Å². The molecule has 3 aliphatic carbocycles. The fourth-order valence-electron chi connectivity index (χ4n) is 10.9. The second kappa shape index (κ2) is 20.7. The smallest absolute Gasteiger partial charge is 0.0640 e. The minimum atomic E-state index is 0.729. The van der Waals surface area contributed by atoms with Crippen molar-refractivity contribution in [2.45, 2.75) is 114 Å². The molecule has 0 atom stereocenters. The molecule has 0 unspecified atom stereocenters. The molecular weight excluding hydrogens is 893 g/mol. The molecule has 0 saturated heterocycles. The topological polar surface area (TPSA) is 29.3 Å². The monoisotopic (exact) mass is 952 g/mol. The van der Waals surface area contributed by atoms with Crippen molar-refractivity contribution in [2.75, 3.05) is 10.6 Å². The van der Waals surface area contributed by atoms with Crippen LogP contribution in [-0.4, -0.2) is 0 Å². The average molecular weight is 954 g/mol. The first-order valence-electron chi connectivity index (χ1n) is 24.4. The number of nitrogen functional groups attached to an aromatic ring is 1. The Balaban J connectivity index is 0.000000149. The van der Waals surface area contributed by atoms with Gasteiger partial charge >= 0.3 is 0 Å². The fourth-order valence-corrected chi connectivity index (χ4v) is 13.5. The number of thiophene rings is 2. The first kappa shape index (κ1) is 43.9. The van der Waals surface area contributed by atoms with Crippen LogP contribution >= 0.6 is 38.6 Å². The molecule has 12 rings (SSSR count). The zero-order valence-corrected chi connectivity index (χ0v) is 40.8. The molecule has 7 aromatic carbocycles. The summed E-state index contributed by atoms with van der Waals surface area (Å²) >= 11 is 7.15. The van der Waals surface area contributed by atoms with E-state index >= 15 is 0 Å². The molecule has 0 bridgehead atoms. The number of hydrogen-bond donors (Lipinski definition) is 1. The van der Waals surface area contributed by atoms with E-state index in [2.05, 4.69) is 166 Å². The first-order chi connectivity index (χ1) is 32.1. The van der Waals surface area contributed by atoms with E-state index in [9.17, 15) is 0 Å². The van der Waals surface area contributed by atoms with Gasteiger partial charge in [0.25, 0.3) is 0 Å². The number of hydrogen-bond acceptors (Lipinski definition) is 4. The van der Waals surface area contributed by atoms with E-state index in [4.69, 9.17) is 5.73 Å². The Morgan fingerprint density at radius 1 is 0.385 bits per heavy atom. The average Bonchev–Trinajstić information content (AvgIpc) is 3.96. The number of halogens is 1. The maximum atomic E-state index is 5.93. The molecule has 3 fully saturated rings. The van der Waals surface area contributed by atoms with Crippen LogP contribution < -0.4 is 10.6 Å². The van der Waals surface area contributed by atoms with Gasteiger partial charge in [0.15, 0.2) is 0 Å². The Labute approximate surface area is 402 Å². The molecule has 0 aliphatic heterocycles. The minimum Gasteiger partial charge on any atom is -0.398 e. The van der Waals surface area contributed by atoms with Crippen molar-refractivity contribution >= 4 is 102 Å². The molecular formula is C60H61BrN2S2. The molecule has 5 heteroatoms. The summed E-state index contributed by atoms with van der Waals surface area (Å²) in [4.78, 5) is 2.49. The van der Waals surface area contributed by atoms with Crippen molar-refractivity contribution < 1.29 is 0 Å². The summed E-state index contributed by atoms with van der Waals surface area (Å²) < 4.78 is 6.41. The van der Waals surface area contributed by atoms with Crippen molar-refractivity contribution in [3.05, 3.63) is 179 Å². The summed E-state index contributed by atoms with van der Waals surface area (Å²) in [5.74, 6) is 2.29. The molecule has 0 amide bonds. The third-order valence-corrected chi connectivity index (χ3v) is 17.4. The molecule has 330 valence electrons. The predicted octanol–water partition coefficient (Wildman–Crippen LogP) is 19.8. The quantitative estimate of drug-likeness (QED) is 0.168. The molecule has 9 aromatic rings. The number of nitrogens with zero attached hydrogens (tertiary/aromatic N) is 1. The number of rotatable bonds is 6. The standard InChI is InChI=1S/C36H37NS.C12H15Br.C12H9NS/c1-3-10-26(11-4-1)28-18-22-30(23-19-28)37(31-24-20-29(21-25-31)27-12-5-2-6-13-27)34-16-9-15-33-32-14-7-8-17-35(32)38-36(33)34;13-12-8-6-11(7-9-12)10-4-2-1-3-5-10;13-10-6-3-5-9-8-4-1-2-7-11(8)14-12(9)10/h7-9,14-27H,1-6,10-13H2;6-10H,1-5H2;1-7H,13H2. The molecule has 65 heavy (non-hydrogen) atoms. The lowest BCUT2D eigenvalue weighted by molar-refractivity contribution is 0.443. The van der Waals surface area contributed by atoms with Crippen LogP contribution in [0, 0.1) is 0 Å². The summed E-state index contributed by atoms with van der Waals surface area (Å²) in [6, 6.07) is 58.1. The molecule has 0 spiro atoms. The van der Waals surface area contributed by atoms with Gasteiger partial charge in [0.1, 0.15) is 0 Å². The summed E-state index contributed by atoms with van der Waals surface area (Å²) in [7, 11) is 0. The summed E-state index contributed by atoms with van der Waals surface area (Å²) in [6.07, 6.45) is 20.7. The lowest BCUT2D eigenvalue weighted by atomic mass is 9.84. The van der Waals surface area contributed by atoms with Crippen LogP contribution in [-0.2, 0) is 0 Å². The molecule has 3 aliphatic rings.